The lowest BCUT2D eigenvalue weighted by Crippen LogP contribution is -2.57. The van der Waals surface area contributed by atoms with Crippen molar-refractivity contribution in [2.45, 2.75) is 13.3 Å². The van der Waals surface area contributed by atoms with Crippen LogP contribution in [0.2, 0.25) is 0 Å². The maximum absolute atomic E-state index is 12.7. The van der Waals surface area contributed by atoms with Crippen molar-refractivity contribution < 1.29 is 13.2 Å². The largest absolute Gasteiger partial charge is 0.340 e. The zero-order chi connectivity index (χ0) is 15.9. The Bertz CT molecular complexity index is 522. The molecule has 0 aromatic heterocycles. The lowest BCUT2D eigenvalue weighted by molar-refractivity contribution is -0.134. The van der Waals surface area contributed by atoms with Crippen molar-refractivity contribution in [2.24, 2.45) is 11.8 Å². The predicted molar refractivity (Wildman–Crippen MR) is 83.4 cm³/mol. The quantitative estimate of drug-likeness (QED) is 0.685. The molecule has 3 rings (SSSR count). The number of likely N-dealkylation sites (N-methyl/N-ethyl adjacent to an activating group) is 1. The number of rotatable bonds is 3. The molecule has 2 unspecified atom stereocenters. The van der Waals surface area contributed by atoms with Gasteiger partial charge in [-0.25, -0.2) is 0 Å². The Kier molecular flexibility index (Phi) is 4.46. The van der Waals surface area contributed by atoms with Crippen molar-refractivity contribution in [3.63, 3.8) is 0 Å². The van der Waals surface area contributed by atoms with Crippen LogP contribution in [0.3, 0.4) is 0 Å². The first-order valence-electron chi connectivity index (χ1n) is 8.12. The zero-order valence-electron chi connectivity index (χ0n) is 13.4. The molecule has 1 aliphatic carbocycles. The second-order valence-electron chi connectivity index (χ2n) is 6.75. The van der Waals surface area contributed by atoms with Crippen LogP contribution in [-0.2, 0) is 15.0 Å². The molecule has 2 atom stereocenters. The van der Waals surface area contributed by atoms with Crippen LogP contribution in [0, 0.1) is 11.8 Å². The summed E-state index contributed by atoms with van der Waals surface area (Å²) in [6, 6.07) is 0. The molecular formula is C14H26N4O3S. The van der Waals surface area contributed by atoms with E-state index in [1.807, 2.05) is 11.9 Å². The van der Waals surface area contributed by atoms with E-state index in [2.05, 4.69) is 11.8 Å². The highest BCUT2D eigenvalue weighted by Crippen LogP contribution is 2.39. The van der Waals surface area contributed by atoms with Gasteiger partial charge >= 0.3 is 0 Å². The Morgan fingerprint density at radius 2 is 1.36 bits per heavy atom. The summed E-state index contributed by atoms with van der Waals surface area (Å²) < 4.78 is 28.4. The van der Waals surface area contributed by atoms with Gasteiger partial charge in [0.1, 0.15) is 0 Å². The number of hydrogen-bond donors (Lipinski definition) is 0. The van der Waals surface area contributed by atoms with Crippen molar-refractivity contribution >= 4 is 16.1 Å². The molecule has 22 heavy (non-hydrogen) atoms. The molecule has 3 aliphatic rings. The van der Waals surface area contributed by atoms with E-state index in [0.717, 1.165) is 19.5 Å². The van der Waals surface area contributed by atoms with Crippen LogP contribution < -0.4 is 0 Å². The summed E-state index contributed by atoms with van der Waals surface area (Å²) in [5.74, 6) is 0.893. The molecule has 7 nitrogen and oxygen atoms in total. The molecule has 2 heterocycles. The van der Waals surface area contributed by atoms with Gasteiger partial charge in [0.2, 0.25) is 5.91 Å². The molecule has 0 spiro atoms. The molecule has 3 fully saturated rings. The van der Waals surface area contributed by atoms with Crippen LogP contribution in [0.5, 0.6) is 0 Å². The fourth-order valence-corrected chi connectivity index (χ4v) is 4.80. The van der Waals surface area contributed by atoms with Gasteiger partial charge in [-0.1, -0.05) is 6.92 Å². The second kappa shape index (κ2) is 6.07. The number of amides is 1. The van der Waals surface area contributed by atoms with Gasteiger partial charge in [0.25, 0.3) is 10.2 Å². The highest BCUT2D eigenvalue weighted by atomic mass is 32.2. The SMILES string of the molecule is CC1CC1C(=O)N1CCN(S(=O)(=O)N2CCN(C)CC2)CC1. The summed E-state index contributed by atoms with van der Waals surface area (Å²) in [6.45, 7) is 6.63. The van der Waals surface area contributed by atoms with Crippen LogP contribution >= 0.6 is 0 Å². The Morgan fingerprint density at radius 1 is 0.909 bits per heavy atom. The number of nitrogens with zero attached hydrogens (tertiary/aromatic N) is 4. The van der Waals surface area contributed by atoms with Crippen molar-refractivity contribution in [1.82, 2.24) is 18.4 Å². The minimum absolute atomic E-state index is 0.181. The van der Waals surface area contributed by atoms with Gasteiger partial charge in [0.05, 0.1) is 0 Å². The highest BCUT2D eigenvalue weighted by molar-refractivity contribution is 7.86. The van der Waals surface area contributed by atoms with E-state index >= 15 is 0 Å². The first kappa shape index (κ1) is 16.2. The van der Waals surface area contributed by atoms with E-state index < -0.39 is 10.2 Å². The van der Waals surface area contributed by atoms with Crippen LogP contribution in [0.4, 0.5) is 0 Å². The molecule has 1 amide bonds. The van der Waals surface area contributed by atoms with Crippen molar-refractivity contribution in [2.75, 3.05) is 59.4 Å². The van der Waals surface area contributed by atoms with Gasteiger partial charge in [-0.3, -0.25) is 4.79 Å². The molecule has 8 heteroatoms. The van der Waals surface area contributed by atoms with Crippen molar-refractivity contribution in [1.29, 1.82) is 0 Å². The maximum Gasteiger partial charge on any atom is 0.282 e. The van der Waals surface area contributed by atoms with Crippen LogP contribution in [0.1, 0.15) is 13.3 Å². The Labute approximate surface area is 133 Å². The third-order valence-electron chi connectivity index (χ3n) is 5.09. The summed E-state index contributed by atoms with van der Waals surface area (Å²) >= 11 is 0. The standard InChI is InChI=1S/C14H26N4O3S/c1-12-11-13(12)14(19)16-5-9-18(10-6-16)22(20,21)17-7-3-15(2)4-8-17/h12-13H,3-11H2,1-2H3. The molecule has 0 aromatic carbocycles. The molecule has 0 radical (unpaired) electrons. The maximum atomic E-state index is 12.7. The monoisotopic (exact) mass is 330 g/mol. The Balaban J connectivity index is 1.55. The average Bonchev–Trinajstić information content (AvgIpc) is 3.24. The summed E-state index contributed by atoms with van der Waals surface area (Å²) in [6.07, 6.45) is 0.985. The topological polar surface area (TPSA) is 64.2 Å². The molecule has 0 aromatic rings. The minimum atomic E-state index is -3.37. The lowest BCUT2D eigenvalue weighted by Gasteiger charge is -2.39. The minimum Gasteiger partial charge on any atom is -0.340 e. The first-order valence-corrected chi connectivity index (χ1v) is 9.52. The zero-order valence-corrected chi connectivity index (χ0v) is 14.3. The molecule has 1 saturated carbocycles. The highest BCUT2D eigenvalue weighted by Gasteiger charge is 2.43. The molecule has 0 bridgehead atoms. The van der Waals surface area contributed by atoms with Gasteiger partial charge in [-0.15, -0.1) is 0 Å². The Hall–Kier alpha value is -0.700. The fourth-order valence-electron chi connectivity index (χ4n) is 3.22. The normalized spacial score (nSPS) is 32.2. The van der Waals surface area contributed by atoms with Crippen LogP contribution in [0.15, 0.2) is 0 Å². The van der Waals surface area contributed by atoms with Crippen molar-refractivity contribution in [3.05, 3.63) is 0 Å². The number of carbonyl (C=O) groups excluding carboxylic acids is 1. The first-order chi connectivity index (χ1) is 10.4. The van der Waals surface area contributed by atoms with Gasteiger partial charge in [0, 0.05) is 58.3 Å². The van der Waals surface area contributed by atoms with E-state index in [1.54, 1.807) is 8.61 Å². The lowest BCUT2D eigenvalue weighted by atomic mass is 10.2. The van der Waals surface area contributed by atoms with E-state index in [1.165, 1.54) is 0 Å². The molecule has 126 valence electrons. The van der Waals surface area contributed by atoms with Gasteiger partial charge in [-0.05, 0) is 19.4 Å². The second-order valence-corrected chi connectivity index (χ2v) is 8.68. The number of carbonyl (C=O) groups is 1. The van der Waals surface area contributed by atoms with Crippen molar-refractivity contribution in [3.8, 4) is 0 Å². The van der Waals surface area contributed by atoms with Gasteiger partial charge in [0.15, 0.2) is 0 Å². The van der Waals surface area contributed by atoms with Gasteiger partial charge in [-0.2, -0.15) is 17.0 Å². The summed E-state index contributed by atoms with van der Waals surface area (Å²) in [7, 11) is -1.36. The van der Waals surface area contributed by atoms with E-state index in [-0.39, 0.29) is 11.8 Å². The summed E-state index contributed by atoms with van der Waals surface area (Å²) in [5.41, 5.74) is 0. The Morgan fingerprint density at radius 3 is 1.82 bits per heavy atom. The fraction of sp³-hybridized carbons (Fsp3) is 0.929. The summed E-state index contributed by atoms with van der Waals surface area (Å²) in [4.78, 5) is 16.2. The van der Waals surface area contributed by atoms with Gasteiger partial charge < -0.3 is 9.80 Å². The van der Waals surface area contributed by atoms with E-state index in [4.69, 9.17) is 0 Å². The van der Waals surface area contributed by atoms with E-state index in [0.29, 0.717) is 45.2 Å². The molecule has 0 N–H and O–H groups in total. The average molecular weight is 330 g/mol. The smallest absolute Gasteiger partial charge is 0.282 e. The molecule has 2 saturated heterocycles. The van der Waals surface area contributed by atoms with Crippen LogP contribution in [-0.4, -0.2) is 92.1 Å². The molecular weight excluding hydrogens is 304 g/mol. The summed E-state index contributed by atoms with van der Waals surface area (Å²) in [5, 5.41) is 0. The number of hydrogen-bond acceptors (Lipinski definition) is 4. The third kappa shape index (κ3) is 3.15. The third-order valence-corrected chi connectivity index (χ3v) is 7.13. The molecule has 2 aliphatic heterocycles. The van der Waals surface area contributed by atoms with E-state index in [9.17, 15) is 13.2 Å². The number of piperazine rings is 2. The van der Waals surface area contributed by atoms with Crippen LogP contribution in [0.25, 0.3) is 0 Å². The predicted octanol–water partition coefficient (Wildman–Crippen LogP) is -0.721.